The number of rotatable bonds is 10. The summed E-state index contributed by atoms with van der Waals surface area (Å²) >= 11 is 0. The van der Waals surface area contributed by atoms with E-state index in [1.807, 2.05) is 0 Å². The van der Waals surface area contributed by atoms with Crippen LogP contribution >= 0.6 is 0 Å². The van der Waals surface area contributed by atoms with Crippen LogP contribution in [0, 0.1) is 0 Å². The summed E-state index contributed by atoms with van der Waals surface area (Å²) in [5, 5.41) is 3.37. The van der Waals surface area contributed by atoms with E-state index in [2.05, 4.69) is 115 Å². The monoisotopic (exact) mass is 501 g/mol. The summed E-state index contributed by atoms with van der Waals surface area (Å²) in [6.07, 6.45) is 7.47. The van der Waals surface area contributed by atoms with E-state index in [1.165, 1.54) is 22.5 Å². The van der Waals surface area contributed by atoms with E-state index in [9.17, 15) is 0 Å². The van der Waals surface area contributed by atoms with Gasteiger partial charge in [-0.1, -0.05) is 36.4 Å². The van der Waals surface area contributed by atoms with Gasteiger partial charge in [-0.25, -0.2) is 4.99 Å². The Kier molecular flexibility index (Phi) is 9.66. The lowest BCUT2D eigenvalue weighted by molar-refractivity contribution is 0.163. The molecule has 0 fully saturated rings. The molecule has 0 saturated carbocycles. The van der Waals surface area contributed by atoms with Crippen LogP contribution in [0.3, 0.4) is 0 Å². The number of allylic oxidation sites excluding steroid dienone is 2. The standard InChI is InChI=1S/C31H43N5O/c1-5-32-31-16-10-15-30-27(22-33-31)24-36(20-19-35(30)4)28-13-9-14-29(21-28)37-25(2)23-34(3)18-17-26-11-7-6-8-12-26/h6-9,11-14,16,21-22,25,32H,5,10,15,17-20,23-24H2,1-4H3/b31-16+,33-22-. The van der Waals surface area contributed by atoms with E-state index < -0.39 is 0 Å². The van der Waals surface area contributed by atoms with Crippen molar-refractivity contribution in [2.24, 2.45) is 4.99 Å². The van der Waals surface area contributed by atoms with Gasteiger partial charge in [-0.3, -0.25) is 0 Å². The third-order valence-electron chi connectivity index (χ3n) is 7.05. The first-order valence-corrected chi connectivity index (χ1v) is 13.7. The molecule has 4 rings (SSSR count). The van der Waals surface area contributed by atoms with Crippen molar-refractivity contribution in [3.8, 4) is 5.75 Å². The van der Waals surface area contributed by atoms with Crippen LogP contribution in [-0.2, 0) is 6.42 Å². The highest BCUT2D eigenvalue weighted by molar-refractivity contribution is 5.82. The summed E-state index contributed by atoms with van der Waals surface area (Å²) in [6.45, 7) is 9.86. The number of ether oxygens (including phenoxy) is 1. The van der Waals surface area contributed by atoms with E-state index in [0.29, 0.717) is 0 Å². The molecule has 0 amide bonds. The lowest BCUT2D eigenvalue weighted by atomic mass is 10.1. The van der Waals surface area contributed by atoms with Crippen LogP contribution in [0.25, 0.3) is 0 Å². The summed E-state index contributed by atoms with van der Waals surface area (Å²) in [4.78, 5) is 12.0. The van der Waals surface area contributed by atoms with Gasteiger partial charge in [0.2, 0.25) is 0 Å². The van der Waals surface area contributed by atoms with E-state index in [1.54, 1.807) is 0 Å². The van der Waals surface area contributed by atoms with Gasteiger partial charge in [0.25, 0.3) is 0 Å². The minimum atomic E-state index is 0.106. The van der Waals surface area contributed by atoms with Gasteiger partial charge in [-0.05, 0) is 63.9 Å². The Labute approximate surface area is 223 Å². The molecule has 6 nitrogen and oxygen atoms in total. The lowest BCUT2D eigenvalue weighted by Crippen LogP contribution is -2.32. The molecule has 1 unspecified atom stereocenters. The summed E-state index contributed by atoms with van der Waals surface area (Å²) in [7, 11) is 4.38. The molecule has 2 aromatic rings. The minimum absolute atomic E-state index is 0.106. The van der Waals surface area contributed by atoms with Crippen molar-refractivity contribution in [1.82, 2.24) is 15.1 Å². The van der Waals surface area contributed by atoms with E-state index in [0.717, 1.165) is 70.1 Å². The highest BCUT2D eigenvalue weighted by atomic mass is 16.5. The molecule has 0 aliphatic carbocycles. The fourth-order valence-electron chi connectivity index (χ4n) is 5.08. The molecule has 2 aliphatic heterocycles. The quantitative estimate of drug-likeness (QED) is 0.499. The zero-order chi connectivity index (χ0) is 26.0. The molecule has 0 aromatic heterocycles. The Balaban J connectivity index is 1.38. The lowest BCUT2D eigenvalue weighted by Gasteiger charge is -2.26. The fourth-order valence-corrected chi connectivity index (χ4v) is 5.08. The van der Waals surface area contributed by atoms with Gasteiger partial charge >= 0.3 is 0 Å². The van der Waals surface area contributed by atoms with Crippen molar-refractivity contribution >= 4 is 11.9 Å². The van der Waals surface area contributed by atoms with Crippen LogP contribution < -0.4 is 15.0 Å². The highest BCUT2D eigenvalue weighted by Gasteiger charge is 2.21. The van der Waals surface area contributed by atoms with Crippen LogP contribution in [0.5, 0.6) is 5.75 Å². The fraction of sp³-hybridized carbons (Fsp3) is 0.452. The number of likely N-dealkylation sites (N-methyl/N-ethyl adjacent to an activating group) is 2. The summed E-state index contributed by atoms with van der Waals surface area (Å²) in [6, 6.07) is 19.2. The molecule has 0 radical (unpaired) electrons. The zero-order valence-corrected chi connectivity index (χ0v) is 23.0. The molecule has 1 N–H and O–H groups in total. The largest absolute Gasteiger partial charge is 0.489 e. The van der Waals surface area contributed by atoms with E-state index in [4.69, 9.17) is 9.73 Å². The molecule has 6 heteroatoms. The predicted molar refractivity (Wildman–Crippen MR) is 156 cm³/mol. The Morgan fingerprint density at radius 1 is 1.11 bits per heavy atom. The SMILES string of the molecule is CCNC1=C\CCC2=C(/C=N\1)CN(c1cccc(OC(C)CN(C)CCc3ccccc3)c1)CCN2C. The van der Waals surface area contributed by atoms with Crippen molar-refractivity contribution in [2.45, 2.75) is 39.2 Å². The number of hydrogen-bond donors (Lipinski definition) is 1. The van der Waals surface area contributed by atoms with Gasteiger partial charge in [0, 0.05) is 75.6 Å². The number of aliphatic imine (C=N–C) groups is 1. The number of nitrogens with zero attached hydrogens (tertiary/aromatic N) is 4. The van der Waals surface area contributed by atoms with Crippen molar-refractivity contribution in [3.63, 3.8) is 0 Å². The maximum atomic E-state index is 6.37. The van der Waals surface area contributed by atoms with Gasteiger partial charge in [0.05, 0.1) is 0 Å². The van der Waals surface area contributed by atoms with Crippen LogP contribution in [-0.4, -0.2) is 75.5 Å². The maximum Gasteiger partial charge on any atom is 0.121 e. The van der Waals surface area contributed by atoms with Gasteiger partial charge in [0.15, 0.2) is 0 Å². The number of nitrogens with one attached hydrogen (secondary N) is 1. The van der Waals surface area contributed by atoms with Gasteiger partial charge in [-0.15, -0.1) is 0 Å². The van der Waals surface area contributed by atoms with Crippen molar-refractivity contribution in [3.05, 3.63) is 83.3 Å². The first-order valence-electron chi connectivity index (χ1n) is 13.7. The van der Waals surface area contributed by atoms with Crippen LogP contribution in [0.1, 0.15) is 32.3 Å². The van der Waals surface area contributed by atoms with Crippen molar-refractivity contribution < 1.29 is 4.74 Å². The molecule has 2 aromatic carbocycles. The van der Waals surface area contributed by atoms with Crippen LogP contribution in [0.15, 0.2) is 82.8 Å². The molecule has 37 heavy (non-hydrogen) atoms. The molecule has 2 aliphatic rings. The normalized spacial score (nSPS) is 19.3. The van der Waals surface area contributed by atoms with Crippen LogP contribution in [0.4, 0.5) is 5.69 Å². The Morgan fingerprint density at radius 2 is 1.95 bits per heavy atom. The van der Waals surface area contributed by atoms with Crippen molar-refractivity contribution in [1.29, 1.82) is 0 Å². The number of anilines is 1. The minimum Gasteiger partial charge on any atom is -0.489 e. The van der Waals surface area contributed by atoms with Crippen LogP contribution in [0.2, 0.25) is 0 Å². The topological polar surface area (TPSA) is 43.3 Å². The predicted octanol–water partition coefficient (Wildman–Crippen LogP) is 4.95. The first-order chi connectivity index (χ1) is 18.0. The third kappa shape index (κ3) is 7.86. The van der Waals surface area contributed by atoms with Crippen molar-refractivity contribution in [2.75, 3.05) is 58.3 Å². The second-order valence-corrected chi connectivity index (χ2v) is 10.2. The smallest absolute Gasteiger partial charge is 0.121 e. The molecule has 0 bridgehead atoms. The maximum absolute atomic E-state index is 6.37. The zero-order valence-electron chi connectivity index (χ0n) is 23.0. The van der Waals surface area contributed by atoms with Gasteiger partial charge in [-0.2, -0.15) is 0 Å². The summed E-state index contributed by atoms with van der Waals surface area (Å²) in [5.74, 6) is 1.91. The molecule has 2 heterocycles. The highest BCUT2D eigenvalue weighted by Crippen LogP contribution is 2.27. The number of hydrogen-bond acceptors (Lipinski definition) is 6. The Morgan fingerprint density at radius 3 is 2.76 bits per heavy atom. The van der Waals surface area contributed by atoms with Gasteiger partial charge < -0.3 is 24.8 Å². The number of benzene rings is 2. The van der Waals surface area contributed by atoms with Gasteiger partial charge in [0.1, 0.15) is 17.7 Å². The molecule has 1 atom stereocenters. The average molecular weight is 502 g/mol. The second-order valence-electron chi connectivity index (χ2n) is 10.2. The first kappa shape index (κ1) is 26.8. The molecular weight excluding hydrogens is 458 g/mol. The molecular formula is C31H43N5O. The molecule has 0 spiro atoms. The second kappa shape index (κ2) is 13.3. The van der Waals surface area contributed by atoms with E-state index in [-0.39, 0.29) is 6.10 Å². The summed E-state index contributed by atoms with van der Waals surface area (Å²) < 4.78 is 6.37. The van der Waals surface area contributed by atoms with E-state index >= 15 is 0 Å². The third-order valence-corrected chi connectivity index (χ3v) is 7.05. The molecule has 198 valence electrons. The Bertz CT molecular complexity index is 1090. The Hall–Kier alpha value is -3.25. The average Bonchev–Trinajstić information content (AvgIpc) is 3.03. The molecule has 0 saturated heterocycles. The summed E-state index contributed by atoms with van der Waals surface area (Å²) in [5.41, 5.74) is 5.27.